The Kier molecular flexibility index (Phi) is 7.86. The maximum absolute atomic E-state index is 12.9. The maximum Gasteiger partial charge on any atom is 0.410 e. The largest absolute Gasteiger partial charge is 0.497 e. The number of hydrogen-bond acceptors (Lipinski definition) is 7. The number of methoxy groups -OCH3 is 1. The number of ether oxygens (including phenoxy) is 3. The number of piperazine rings is 1. The summed E-state index contributed by atoms with van der Waals surface area (Å²) in [5.41, 5.74) is 0.944. The van der Waals surface area contributed by atoms with E-state index in [0.717, 1.165) is 16.5 Å². The van der Waals surface area contributed by atoms with Crippen LogP contribution in [0.5, 0.6) is 5.75 Å². The van der Waals surface area contributed by atoms with Crippen LogP contribution in [0.2, 0.25) is 0 Å². The molecule has 1 saturated heterocycles. The lowest BCUT2D eigenvalue weighted by Gasteiger charge is -2.40. The van der Waals surface area contributed by atoms with Crippen LogP contribution in [0.3, 0.4) is 0 Å². The topological polar surface area (TPSA) is 90.3 Å². The molecule has 1 amide bonds. The fourth-order valence-electron chi connectivity index (χ4n) is 4.16. The summed E-state index contributed by atoms with van der Waals surface area (Å²) in [6.45, 7) is 11.2. The third-order valence-corrected chi connectivity index (χ3v) is 5.84. The van der Waals surface area contributed by atoms with E-state index >= 15 is 0 Å². The van der Waals surface area contributed by atoms with Gasteiger partial charge in [0.05, 0.1) is 25.8 Å². The number of fused-ring (bicyclic) bond motifs is 1. The molecule has 1 aliphatic heterocycles. The first-order valence-corrected chi connectivity index (χ1v) is 11.6. The fraction of sp³-hybridized carbons (Fsp3) is 0.560. The lowest BCUT2D eigenvalue weighted by Crippen LogP contribution is -2.59. The Balaban J connectivity index is 1.83. The molecule has 2 heterocycles. The molecule has 0 aliphatic carbocycles. The Morgan fingerprint density at radius 1 is 1.12 bits per heavy atom. The SMILES string of the molecule is CCOC(=O)C1CN(C(=O)OC(C)(C)C)CCN1CCn1c(=O)cc(C)c2ccc(OC)cc21. The summed E-state index contributed by atoms with van der Waals surface area (Å²) >= 11 is 0. The summed E-state index contributed by atoms with van der Waals surface area (Å²) in [7, 11) is 1.59. The van der Waals surface area contributed by atoms with E-state index in [9.17, 15) is 14.4 Å². The summed E-state index contributed by atoms with van der Waals surface area (Å²) in [5, 5.41) is 0.970. The summed E-state index contributed by atoms with van der Waals surface area (Å²) in [5.74, 6) is 0.278. The Bertz CT molecular complexity index is 1100. The second kappa shape index (κ2) is 10.5. The van der Waals surface area contributed by atoms with Gasteiger partial charge in [0.2, 0.25) is 0 Å². The number of nitrogens with zero attached hydrogens (tertiary/aromatic N) is 3. The monoisotopic (exact) mass is 473 g/mol. The zero-order valence-electron chi connectivity index (χ0n) is 20.9. The Morgan fingerprint density at radius 2 is 1.85 bits per heavy atom. The molecule has 1 atom stereocenters. The normalized spacial score (nSPS) is 17.0. The van der Waals surface area contributed by atoms with Crippen LogP contribution in [-0.4, -0.2) is 78.0 Å². The molecule has 1 aromatic carbocycles. The van der Waals surface area contributed by atoms with Crippen LogP contribution in [0.25, 0.3) is 10.9 Å². The van der Waals surface area contributed by atoms with Gasteiger partial charge in [-0.25, -0.2) is 4.79 Å². The van der Waals surface area contributed by atoms with Crippen molar-refractivity contribution in [2.75, 3.05) is 39.9 Å². The maximum atomic E-state index is 12.9. The van der Waals surface area contributed by atoms with Gasteiger partial charge in [0.1, 0.15) is 17.4 Å². The van der Waals surface area contributed by atoms with Gasteiger partial charge in [-0.15, -0.1) is 0 Å². The molecular weight excluding hydrogens is 438 g/mol. The quantitative estimate of drug-likeness (QED) is 0.596. The molecule has 9 heteroatoms. The third kappa shape index (κ3) is 5.88. The van der Waals surface area contributed by atoms with Gasteiger partial charge >= 0.3 is 12.1 Å². The first kappa shape index (κ1) is 25.6. The van der Waals surface area contributed by atoms with Crippen molar-refractivity contribution in [2.45, 2.75) is 52.8 Å². The zero-order valence-corrected chi connectivity index (χ0v) is 20.9. The summed E-state index contributed by atoms with van der Waals surface area (Å²) in [6.07, 6.45) is -0.450. The van der Waals surface area contributed by atoms with E-state index in [2.05, 4.69) is 0 Å². The highest BCUT2D eigenvalue weighted by Crippen LogP contribution is 2.23. The average Bonchev–Trinajstić information content (AvgIpc) is 2.77. The molecule has 0 spiro atoms. The van der Waals surface area contributed by atoms with Gasteiger partial charge in [-0.2, -0.15) is 0 Å². The first-order valence-electron chi connectivity index (χ1n) is 11.6. The molecule has 1 aromatic heterocycles. The number of benzene rings is 1. The van der Waals surface area contributed by atoms with E-state index in [1.165, 1.54) is 0 Å². The lowest BCUT2D eigenvalue weighted by molar-refractivity contribution is -0.151. The molecule has 0 N–H and O–H groups in total. The minimum atomic E-state index is -0.636. The highest BCUT2D eigenvalue weighted by atomic mass is 16.6. The molecule has 2 aromatic rings. The molecule has 1 fully saturated rings. The molecule has 0 saturated carbocycles. The summed E-state index contributed by atoms with van der Waals surface area (Å²) in [6, 6.07) is 6.66. The molecular formula is C25H35N3O6. The lowest BCUT2D eigenvalue weighted by atomic mass is 10.1. The number of carbonyl (C=O) groups excluding carboxylic acids is 2. The van der Waals surface area contributed by atoms with Gasteiger partial charge in [0, 0.05) is 43.7 Å². The number of amides is 1. The van der Waals surface area contributed by atoms with Crippen LogP contribution in [0, 0.1) is 6.92 Å². The minimum absolute atomic E-state index is 0.113. The fourth-order valence-corrected chi connectivity index (χ4v) is 4.16. The summed E-state index contributed by atoms with van der Waals surface area (Å²) < 4.78 is 17.8. The van der Waals surface area contributed by atoms with Crippen molar-refractivity contribution in [3.8, 4) is 5.75 Å². The van der Waals surface area contributed by atoms with Gasteiger partial charge in [-0.05, 0) is 52.3 Å². The summed E-state index contributed by atoms with van der Waals surface area (Å²) in [4.78, 5) is 41.7. The third-order valence-electron chi connectivity index (χ3n) is 5.84. The molecule has 0 bridgehead atoms. The van der Waals surface area contributed by atoms with Crippen molar-refractivity contribution in [3.63, 3.8) is 0 Å². The van der Waals surface area contributed by atoms with Gasteiger partial charge in [0.15, 0.2) is 0 Å². The molecule has 186 valence electrons. The van der Waals surface area contributed by atoms with E-state index < -0.39 is 23.7 Å². The number of rotatable bonds is 6. The Hall–Kier alpha value is -3.07. The minimum Gasteiger partial charge on any atom is -0.497 e. The van der Waals surface area contributed by atoms with Crippen molar-refractivity contribution in [1.29, 1.82) is 0 Å². The van der Waals surface area contributed by atoms with Crippen molar-refractivity contribution in [1.82, 2.24) is 14.4 Å². The number of aryl methyl sites for hydroxylation is 1. The van der Waals surface area contributed by atoms with E-state index in [1.807, 2.05) is 50.8 Å². The van der Waals surface area contributed by atoms with Crippen molar-refractivity contribution < 1.29 is 23.8 Å². The van der Waals surface area contributed by atoms with E-state index in [4.69, 9.17) is 14.2 Å². The van der Waals surface area contributed by atoms with Crippen LogP contribution in [0.4, 0.5) is 4.79 Å². The van der Waals surface area contributed by atoms with E-state index in [0.29, 0.717) is 31.9 Å². The van der Waals surface area contributed by atoms with Crippen LogP contribution < -0.4 is 10.3 Å². The van der Waals surface area contributed by atoms with Crippen LogP contribution in [-0.2, 0) is 20.8 Å². The standard InChI is InChI=1S/C25H35N3O6/c1-7-33-23(30)21-16-27(24(31)34-25(3,4)5)11-10-26(21)12-13-28-20-15-18(32-6)8-9-19(20)17(2)14-22(28)29/h8-9,14-15,21H,7,10-13,16H2,1-6H3. The number of esters is 1. The number of hydrogen-bond donors (Lipinski definition) is 0. The predicted octanol–water partition coefficient (Wildman–Crippen LogP) is 2.80. The molecule has 3 rings (SSSR count). The van der Waals surface area contributed by atoms with Crippen molar-refractivity contribution in [2.24, 2.45) is 0 Å². The molecule has 1 aliphatic rings. The molecule has 34 heavy (non-hydrogen) atoms. The predicted molar refractivity (Wildman–Crippen MR) is 129 cm³/mol. The van der Waals surface area contributed by atoms with Crippen LogP contribution in [0.15, 0.2) is 29.1 Å². The zero-order chi connectivity index (χ0) is 25.0. The number of aromatic nitrogens is 1. The van der Waals surface area contributed by atoms with Gasteiger partial charge in [-0.3, -0.25) is 14.5 Å². The van der Waals surface area contributed by atoms with Gasteiger partial charge < -0.3 is 23.7 Å². The van der Waals surface area contributed by atoms with Crippen molar-refractivity contribution >= 4 is 23.0 Å². The van der Waals surface area contributed by atoms with Crippen LogP contribution in [0.1, 0.15) is 33.3 Å². The van der Waals surface area contributed by atoms with Gasteiger partial charge in [0.25, 0.3) is 5.56 Å². The number of pyridine rings is 1. The van der Waals surface area contributed by atoms with E-state index in [1.54, 1.807) is 29.6 Å². The average molecular weight is 474 g/mol. The Labute approximate surface area is 200 Å². The highest BCUT2D eigenvalue weighted by Gasteiger charge is 2.36. The first-order chi connectivity index (χ1) is 16.0. The highest BCUT2D eigenvalue weighted by molar-refractivity contribution is 5.83. The van der Waals surface area contributed by atoms with Crippen molar-refractivity contribution in [3.05, 3.63) is 40.2 Å². The van der Waals surface area contributed by atoms with Gasteiger partial charge in [-0.1, -0.05) is 0 Å². The molecule has 0 radical (unpaired) electrons. The van der Waals surface area contributed by atoms with E-state index in [-0.39, 0.29) is 18.7 Å². The number of carbonyl (C=O) groups is 2. The second-order valence-electron chi connectivity index (χ2n) is 9.43. The molecule has 1 unspecified atom stereocenters. The smallest absolute Gasteiger partial charge is 0.410 e. The Morgan fingerprint density at radius 3 is 2.50 bits per heavy atom. The van der Waals surface area contributed by atoms with Crippen LogP contribution >= 0.6 is 0 Å². The molecule has 9 nitrogen and oxygen atoms in total. The second-order valence-corrected chi connectivity index (χ2v) is 9.43.